The summed E-state index contributed by atoms with van der Waals surface area (Å²) in [6.45, 7) is 5.34. The van der Waals surface area contributed by atoms with Crippen LogP contribution in [0.3, 0.4) is 0 Å². The monoisotopic (exact) mass is 261 g/mol. The number of hydrogen-bond donors (Lipinski definition) is 1. The molecule has 2 aromatic heterocycles. The van der Waals surface area contributed by atoms with Crippen LogP contribution < -0.4 is 5.32 Å². The number of aromatic nitrogens is 4. The molecule has 2 rings (SSSR count). The van der Waals surface area contributed by atoms with Gasteiger partial charge in [0.15, 0.2) is 0 Å². The van der Waals surface area contributed by atoms with E-state index in [2.05, 4.69) is 15.5 Å². The van der Waals surface area contributed by atoms with Crippen LogP contribution in [-0.2, 0) is 13.6 Å². The summed E-state index contributed by atoms with van der Waals surface area (Å²) in [6.07, 6.45) is 4.24. The minimum Gasteiger partial charge on any atom is -0.352 e. The summed E-state index contributed by atoms with van der Waals surface area (Å²) in [7, 11) is 1.83. The number of rotatable bonds is 5. The van der Waals surface area contributed by atoms with Crippen LogP contribution >= 0.6 is 0 Å². The predicted octanol–water partition coefficient (Wildman–Crippen LogP) is 1.05. The van der Waals surface area contributed by atoms with Crippen LogP contribution in [0.1, 0.15) is 28.2 Å². The molecular weight excluding hydrogens is 242 g/mol. The van der Waals surface area contributed by atoms with Crippen molar-refractivity contribution in [2.24, 2.45) is 7.05 Å². The first-order valence-electron chi connectivity index (χ1n) is 6.35. The Morgan fingerprint density at radius 3 is 2.74 bits per heavy atom. The highest BCUT2D eigenvalue weighted by Crippen LogP contribution is 2.05. The van der Waals surface area contributed by atoms with Crippen molar-refractivity contribution in [3.63, 3.8) is 0 Å². The van der Waals surface area contributed by atoms with Crippen LogP contribution in [0.25, 0.3) is 0 Å². The maximum absolute atomic E-state index is 11.9. The lowest BCUT2D eigenvalue weighted by molar-refractivity contribution is 0.0952. The Kier molecular flexibility index (Phi) is 3.99. The number of nitrogens with one attached hydrogen (secondary N) is 1. The molecule has 2 heterocycles. The maximum Gasteiger partial charge on any atom is 0.254 e. The predicted molar refractivity (Wildman–Crippen MR) is 71.9 cm³/mol. The Bertz CT molecular complexity index is 569. The molecule has 0 spiro atoms. The molecule has 102 valence electrons. The lowest BCUT2D eigenvalue weighted by atomic mass is 10.2. The number of aryl methyl sites for hydroxylation is 3. The van der Waals surface area contributed by atoms with Gasteiger partial charge in [0.25, 0.3) is 5.91 Å². The summed E-state index contributed by atoms with van der Waals surface area (Å²) in [5.41, 5.74) is 2.65. The van der Waals surface area contributed by atoms with E-state index in [-0.39, 0.29) is 5.91 Å². The van der Waals surface area contributed by atoms with Crippen molar-refractivity contribution in [2.75, 3.05) is 6.54 Å². The Hall–Kier alpha value is -2.11. The fraction of sp³-hybridized carbons (Fsp3) is 0.462. The highest BCUT2D eigenvalue weighted by Gasteiger charge is 2.11. The van der Waals surface area contributed by atoms with Crippen LogP contribution in [-0.4, -0.2) is 32.0 Å². The molecule has 0 radical (unpaired) electrons. The molecule has 0 aliphatic carbocycles. The average molecular weight is 261 g/mol. The highest BCUT2D eigenvalue weighted by molar-refractivity contribution is 5.94. The third-order valence-electron chi connectivity index (χ3n) is 3.24. The van der Waals surface area contributed by atoms with Crippen molar-refractivity contribution >= 4 is 5.91 Å². The summed E-state index contributed by atoms with van der Waals surface area (Å²) in [5, 5.41) is 11.2. The van der Waals surface area contributed by atoms with E-state index in [1.165, 1.54) is 0 Å². The number of carbonyl (C=O) groups excluding carboxylic acids is 1. The molecule has 0 aliphatic rings. The summed E-state index contributed by atoms with van der Waals surface area (Å²) in [6, 6.07) is 1.97. The third-order valence-corrected chi connectivity index (χ3v) is 3.24. The molecule has 0 saturated carbocycles. The molecule has 0 bridgehead atoms. The van der Waals surface area contributed by atoms with Crippen molar-refractivity contribution in [1.82, 2.24) is 24.9 Å². The third kappa shape index (κ3) is 3.01. The first-order valence-corrected chi connectivity index (χ1v) is 6.35. The molecule has 2 aromatic rings. The highest BCUT2D eigenvalue weighted by atomic mass is 16.1. The lowest BCUT2D eigenvalue weighted by Gasteiger charge is -2.06. The molecule has 6 nitrogen and oxygen atoms in total. The van der Waals surface area contributed by atoms with Gasteiger partial charge in [0.05, 0.1) is 11.8 Å². The fourth-order valence-corrected chi connectivity index (χ4v) is 1.88. The molecule has 1 N–H and O–H groups in total. The summed E-state index contributed by atoms with van der Waals surface area (Å²) in [5.74, 6) is -0.0669. The van der Waals surface area contributed by atoms with Crippen molar-refractivity contribution in [2.45, 2.75) is 26.8 Å². The van der Waals surface area contributed by atoms with Gasteiger partial charge in [-0.2, -0.15) is 10.2 Å². The van der Waals surface area contributed by atoms with Crippen LogP contribution in [0.4, 0.5) is 0 Å². The van der Waals surface area contributed by atoms with Gasteiger partial charge < -0.3 is 5.32 Å². The zero-order valence-corrected chi connectivity index (χ0v) is 11.6. The number of hydrogen-bond acceptors (Lipinski definition) is 3. The van der Waals surface area contributed by atoms with Gasteiger partial charge in [-0.15, -0.1) is 0 Å². The van der Waals surface area contributed by atoms with Gasteiger partial charge >= 0.3 is 0 Å². The molecule has 0 aromatic carbocycles. The van der Waals surface area contributed by atoms with E-state index in [9.17, 15) is 4.79 Å². The first-order chi connectivity index (χ1) is 9.09. The van der Waals surface area contributed by atoms with Gasteiger partial charge in [-0.05, 0) is 26.3 Å². The molecule has 1 amide bonds. The number of amides is 1. The normalized spacial score (nSPS) is 10.7. The van der Waals surface area contributed by atoms with Crippen molar-refractivity contribution in [1.29, 1.82) is 0 Å². The van der Waals surface area contributed by atoms with Gasteiger partial charge in [-0.25, -0.2) is 0 Å². The van der Waals surface area contributed by atoms with Gasteiger partial charge in [0, 0.05) is 37.7 Å². The fourth-order valence-electron chi connectivity index (χ4n) is 1.88. The van der Waals surface area contributed by atoms with Crippen LogP contribution in [0, 0.1) is 13.8 Å². The van der Waals surface area contributed by atoms with E-state index in [1.807, 2.05) is 31.6 Å². The Labute approximate surface area is 112 Å². The van der Waals surface area contributed by atoms with Gasteiger partial charge in [-0.1, -0.05) is 0 Å². The molecule has 0 atom stereocenters. The summed E-state index contributed by atoms with van der Waals surface area (Å²) >= 11 is 0. The van der Waals surface area contributed by atoms with Crippen LogP contribution in [0.15, 0.2) is 18.5 Å². The molecular formula is C13H19N5O. The number of nitrogens with zero attached hydrogens (tertiary/aromatic N) is 4. The van der Waals surface area contributed by atoms with Crippen molar-refractivity contribution < 1.29 is 4.79 Å². The molecule has 0 aliphatic heterocycles. The largest absolute Gasteiger partial charge is 0.352 e. The molecule has 6 heteroatoms. The maximum atomic E-state index is 11.9. The Morgan fingerprint density at radius 1 is 1.37 bits per heavy atom. The van der Waals surface area contributed by atoms with E-state index in [1.54, 1.807) is 17.1 Å². The van der Waals surface area contributed by atoms with E-state index >= 15 is 0 Å². The number of carbonyl (C=O) groups is 1. The zero-order valence-electron chi connectivity index (χ0n) is 11.6. The smallest absolute Gasteiger partial charge is 0.254 e. The zero-order chi connectivity index (χ0) is 13.8. The van der Waals surface area contributed by atoms with Gasteiger partial charge in [0.1, 0.15) is 0 Å². The summed E-state index contributed by atoms with van der Waals surface area (Å²) in [4.78, 5) is 11.9. The standard InChI is InChI=1S/C13H19N5O/c1-10-5-7-15-18(10)8-4-6-14-13(19)12-9-16-17(3)11(12)2/h5,7,9H,4,6,8H2,1-3H3,(H,14,19). The average Bonchev–Trinajstić information content (AvgIpc) is 2.93. The lowest BCUT2D eigenvalue weighted by Crippen LogP contribution is -2.25. The molecule has 0 saturated heterocycles. The molecule has 0 unspecified atom stereocenters. The second-order valence-electron chi connectivity index (χ2n) is 4.57. The van der Waals surface area contributed by atoms with Crippen LogP contribution in [0.2, 0.25) is 0 Å². The quantitative estimate of drug-likeness (QED) is 0.818. The minimum atomic E-state index is -0.0669. The first kappa shape index (κ1) is 13.3. The van der Waals surface area contributed by atoms with E-state index in [0.29, 0.717) is 12.1 Å². The van der Waals surface area contributed by atoms with E-state index in [0.717, 1.165) is 24.4 Å². The van der Waals surface area contributed by atoms with Crippen molar-refractivity contribution in [3.8, 4) is 0 Å². The molecule has 0 fully saturated rings. The van der Waals surface area contributed by atoms with Gasteiger partial charge in [0.2, 0.25) is 0 Å². The van der Waals surface area contributed by atoms with E-state index < -0.39 is 0 Å². The summed E-state index contributed by atoms with van der Waals surface area (Å²) < 4.78 is 3.63. The Morgan fingerprint density at radius 2 is 2.16 bits per heavy atom. The topological polar surface area (TPSA) is 64.7 Å². The SMILES string of the molecule is Cc1c(C(=O)NCCCn2nccc2C)cnn1C. The van der Waals surface area contributed by atoms with Gasteiger partial charge in [-0.3, -0.25) is 14.2 Å². The van der Waals surface area contributed by atoms with Crippen LogP contribution in [0.5, 0.6) is 0 Å². The van der Waals surface area contributed by atoms with Crippen molar-refractivity contribution in [3.05, 3.63) is 35.4 Å². The minimum absolute atomic E-state index is 0.0669. The second kappa shape index (κ2) is 5.69. The second-order valence-corrected chi connectivity index (χ2v) is 4.57. The Balaban J connectivity index is 1.79. The molecule has 19 heavy (non-hydrogen) atoms. The van der Waals surface area contributed by atoms with E-state index in [4.69, 9.17) is 0 Å².